The third kappa shape index (κ3) is 3.49. The molecule has 0 atom stereocenters. The standard InChI is InChI=1S/C12H13N7OS/c1-8-16-17-18-19(8)10-4-9(5-11(6-10)20-2)15-12(21-3)14-7-13/h4-6H,1-3H3,(H,14,15). The van der Waals surface area contributed by atoms with Gasteiger partial charge < -0.3 is 4.74 Å². The number of rotatable bonds is 3. The molecular weight excluding hydrogens is 290 g/mol. The quantitative estimate of drug-likeness (QED) is 0.396. The number of hydrogen-bond acceptors (Lipinski definition) is 7. The van der Waals surface area contributed by atoms with Crippen LogP contribution in [0.1, 0.15) is 5.82 Å². The fraction of sp³-hybridized carbons (Fsp3) is 0.250. The van der Waals surface area contributed by atoms with Crippen LogP contribution in [0.5, 0.6) is 5.75 Å². The molecule has 108 valence electrons. The summed E-state index contributed by atoms with van der Waals surface area (Å²) in [5.41, 5.74) is 1.36. The Balaban J connectivity index is 2.48. The Hall–Kier alpha value is -2.60. The van der Waals surface area contributed by atoms with E-state index < -0.39 is 0 Å². The molecule has 0 radical (unpaired) electrons. The number of ether oxygens (including phenoxy) is 1. The smallest absolute Gasteiger partial charge is 0.183 e. The number of aryl methyl sites for hydroxylation is 1. The number of benzene rings is 1. The summed E-state index contributed by atoms with van der Waals surface area (Å²) in [6.45, 7) is 1.80. The highest BCUT2D eigenvalue weighted by Crippen LogP contribution is 2.26. The lowest BCUT2D eigenvalue weighted by atomic mass is 10.2. The van der Waals surface area contributed by atoms with Crippen LogP contribution >= 0.6 is 11.8 Å². The van der Waals surface area contributed by atoms with Gasteiger partial charge in [-0.2, -0.15) is 9.94 Å². The summed E-state index contributed by atoms with van der Waals surface area (Å²) in [4.78, 5) is 4.36. The molecule has 1 heterocycles. The lowest BCUT2D eigenvalue weighted by molar-refractivity contribution is 0.414. The zero-order valence-corrected chi connectivity index (χ0v) is 12.5. The molecule has 9 heteroatoms. The number of thioether (sulfide) groups is 1. The zero-order chi connectivity index (χ0) is 15.2. The van der Waals surface area contributed by atoms with E-state index in [2.05, 4.69) is 25.8 Å². The molecule has 1 aromatic heterocycles. The van der Waals surface area contributed by atoms with E-state index in [4.69, 9.17) is 10.00 Å². The first kappa shape index (κ1) is 14.8. The van der Waals surface area contributed by atoms with E-state index in [1.165, 1.54) is 11.8 Å². The van der Waals surface area contributed by atoms with Crippen molar-refractivity contribution in [2.45, 2.75) is 6.92 Å². The van der Waals surface area contributed by atoms with Gasteiger partial charge in [-0.05, 0) is 29.7 Å². The van der Waals surface area contributed by atoms with Crippen LogP contribution in [0.3, 0.4) is 0 Å². The molecule has 8 nitrogen and oxygen atoms in total. The van der Waals surface area contributed by atoms with Gasteiger partial charge in [-0.1, -0.05) is 11.8 Å². The summed E-state index contributed by atoms with van der Waals surface area (Å²) in [6.07, 6.45) is 3.68. The van der Waals surface area contributed by atoms with Crippen molar-refractivity contribution in [3.8, 4) is 17.6 Å². The fourth-order valence-corrected chi connectivity index (χ4v) is 1.98. The van der Waals surface area contributed by atoms with Gasteiger partial charge in [-0.15, -0.1) is 5.10 Å². The van der Waals surface area contributed by atoms with Crippen LogP contribution in [0.4, 0.5) is 5.69 Å². The van der Waals surface area contributed by atoms with Crippen LogP contribution < -0.4 is 10.1 Å². The number of nitrogens with zero attached hydrogens (tertiary/aromatic N) is 6. The average molecular weight is 303 g/mol. The van der Waals surface area contributed by atoms with E-state index in [-0.39, 0.29) is 0 Å². The first-order valence-electron chi connectivity index (χ1n) is 5.90. The Morgan fingerprint density at radius 1 is 1.48 bits per heavy atom. The average Bonchev–Trinajstić information content (AvgIpc) is 2.92. The SMILES string of the molecule is COc1cc(N=C(NC#N)SC)cc(-n2nnnc2C)c1. The minimum Gasteiger partial charge on any atom is -0.497 e. The van der Waals surface area contributed by atoms with Crippen molar-refractivity contribution < 1.29 is 4.74 Å². The van der Waals surface area contributed by atoms with E-state index in [9.17, 15) is 0 Å². The molecule has 1 N–H and O–H groups in total. The number of aromatic nitrogens is 4. The Bertz CT molecular complexity index is 704. The summed E-state index contributed by atoms with van der Waals surface area (Å²) >= 11 is 1.34. The molecule has 0 amide bonds. The van der Waals surface area contributed by atoms with Crippen molar-refractivity contribution in [3.05, 3.63) is 24.0 Å². The Kier molecular flexibility index (Phi) is 4.73. The number of amidine groups is 1. The predicted octanol–water partition coefficient (Wildman–Crippen LogP) is 1.40. The second kappa shape index (κ2) is 6.71. The summed E-state index contributed by atoms with van der Waals surface area (Å²) in [6, 6.07) is 5.37. The van der Waals surface area contributed by atoms with Gasteiger partial charge in [-0.25, -0.2) is 4.99 Å². The molecule has 2 aromatic rings. The van der Waals surface area contributed by atoms with Gasteiger partial charge in [0, 0.05) is 12.1 Å². The van der Waals surface area contributed by atoms with Crippen molar-refractivity contribution >= 4 is 22.6 Å². The van der Waals surface area contributed by atoms with E-state index in [0.29, 0.717) is 22.4 Å². The van der Waals surface area contributed by atoms with Gasteiger partial charge in [0.2, 0.25) is 0 Å². The lowest BCUT2D eigenvalue weighted by Crippen LogP contribution is -2.12. The lowest BCUT2D eigenvalue weighted by Gasteiger charge is -2.07. The minimum absolute atomic E-state index is 0.491. The maximum absolute atomic E-state index is 8.68. The number of nitriles is 1. The van der Waals surface area contributed by atoms with Gasteiger partial charge in [-0.3, -0.25) is 5.32 Å². The third-order valence-electron chi connectivity index (χ3n) is 2.57. The largest absolute Gasteiger partial charge is 0.497 e. The van der Waals surface area contributed by atoms with Gasteiger partial charge >= 0.3 is 0 Å². The molecule has 0 aliphatic heterocycles. The summed E-state index contributed by atoms with van der Waals surface area (Å²) in [7, 11) is 1.57. The predicted molar refractivity (Wildman–Crippen MR) is 79.8 cm³/mol. The molecule has 0 aliphatic rings. The van der Waals surface area contributed by atoms with E-state index in [1.54, 1.807) is 36.9 Å². The molecule has 0 fully saturated rings. The number of aliphatic imine (C=N–C) groups is 1. The molecule has 2 rings (SSSR count). The third-order valence-corrected chi connectivity index (χ3v) is 3.15. The summed E-state index contributed by atoms with van der Waals surface area (Å²) < 4.78 is 6.85. The molecule has 21 heavy (non-hydrogen) atoms. The van der Waals surface area contributed by atoms with Crippen molar-refractivity contribution in [2.24, 2.45) is 4.99 Å². The topological polar surface area (TPSA) is 101 Å². The molecule has 1 aromatic carbocycles. The van der Waals surface area contributed by atoms with E-state index in [0.717, 1.165) is 5.69 Å². The molecule has 0 unspecified atom stereocenters. The first-order chi connectivity index (χ1) is 10.2. The number of methoxy groups -OCH3 is 1. The van der Waals surface area contributed by atoms with Crippen LogP contribution in [0.15, 0.2) is 23.2 Å². The van der Waals surface area contributed by atoms with E-state index in [1.807, 2.05) is 12.4 Å². The first-order valence-corrected chi connectivity index (χ1v) is 7.12. The number of tetrazole rings is 1. The Morgan fingerprint density at radius 3 is 2.86 bits per heavy atom. The maximum Gasteiger partial charge on any atom is 0.183 e. The second-order valence-corrected chi connectivity index (χ2v) is 4.68. The van der Waals surface area contributed by atoms with Crippen LogP contribution in [0.25, 0.3) is 5.69 Å². The van der Waals surface area contributed by atoms with Crippen molar-refractivity contribution in [1.82, 2.24) is 25.5 Å². The number of nitrogens with one attached hydrogen (secondary N) is 1. The second-order valence-electron chi connectivity index (χ2n) is 3.89. The summed E-state index contributed by atoms with van der Waals surface area (Å²) in [5.74, 6) is 1.27. The van der Waals surface area contributed by atoms with Gasteiger partial charge in [0.05, 0.1) is 18.5 Å². The molecule has 0 saturated heterocycles. The van der Waals surface area contributed by atoms with Crippen LogP contribution in [-0.2, 0) is 0 Å². The molecule has 0 bridgehead atoms. The van der Waals surface area contributed by atoms with Gasteiger partial charge in [0.25, 0.3) is 0 Å². The monoisotopic (exact) mass is 303 g/mol. The molecular formula is C12H13N7OS. The van der Waals surface area contributed by atoms with Gasteiger partial charge in [0.15, 0.2) is 17.2 Å². The normalized spacial score (nSPS) is 11.0. The van der Waals surface area contributed by atoms with Crippen molar-refractivity contribution in [2.75, 3.05) is 13.4 Å². The zero-order valence-electron chi connectivity index (χ0n) is 11.7. The van der Waals surface area contributed by atoms with Crippen molar-refractivity contribution in [1.29, 1.82) is 5.26 Å². The Labute approximate surface area is 125 Å². The number of hydrogen-bond donors (Lipinski definition) is 1. The summed E-state index contributed by atoms with van der Waals surface area (Å²) in [5, 5.41) is 23.1. The highest BCUT2D eigenvalue weighted by Gasteiger charge is 2.08. The van der Waals surface area contributed by atoms with Crippen LogP contribution in [0, 0.1) is 18.4 Å². The fourth-order valence-electron chi connectivity index (χ4n) is 1.63. The maximum atomic E-state index is 8.68. The van der Waals surface area contributed by atoms with Crippen LogP contribution in [0.2, 0.25) is 0 Å². The molecule has 0 spiro atoms. The highest BCUT2D eigenvalue weighted by molar-refractivity contribution is 8.13. The Morgan fingerprint density at radius 2 is 2.29 bits per heavy atom. The van der Waals surface area contributed by atoms with Crippen LogP contribution in [-0.4, -0.2) is 38.7 Å². The van der Waals surface area contributed by atoms with Gasteiger partial charge in [0.1, 0.15) is 5.75 Å². The minimum atomic E-state index is 0.491. The molecule has 0 saturated carbocycles. The highest BCUT2D eigenvalue weighted by atomic mass is 32.2. The van der Waals surface area contributed by atoms with Crippen molar-refractivity contribution in [3.63, 3.8) is 0 Å². The van der Waals surface area contributed by atoms with E-state index >= 15 is 0 Å². The molecule has 0 aliphatic carbocycles.